The predicted molar refractivity (Wildman–Crippen MR) is 68.7 cm³/mol. The zero-order valence-electron chi connectivity index (χ0n) is 10.5. The van der Waals surface area contributed by atoms with Gasteiger partial charge in [-0.05, 0) is 13.0 Å². The largest absolute Gasteiger partial charge is 0.492 e. The van der Waals surface area contributed by atoms with Crippen LogP contribution in [0.3, 0.4) is 0 Å². The number of hydrogen-bond acceptors (Lipinski definition) is 4. The predicted octanol–water partition coefficient (Wildman–Crippen LogP) is 0.0894. The smallest absolute Gasteiger partial charge is 0.491 e. The molecule has 100 valence electrons. The van der Waals surface area contributed by atoms with Crippen molar-refractivity contribution in [2.45, 2.75) is 13.5 Å². The van der Waals surface area contributed by atoms with Crippen LogP contribution in [0.15, 0.2) is 30.6 Å². The minimum atomic E-state index is -1.82. The molecule has 2 aromatic rings. The summed E-state index contributed by atoms with van der Waals surface area (Å²) in [6, 6.07) is 3.92. The number of halogens is 1. The average molecular weight is 264 g/mol. The molecule has 0 saturated carbocycles. The molecule has 0 aliphatic carbocycles. The highest BCUT2D eigenvalue weighted by atomic mass is 19.1. The first-order valence-corrected chi connectivity index (χ1v) is 5.84. The molecule has 0 aliphatic heterocycles. The molecule has 1 aromatic carbocycles. The van der Waals surface area contributed by atoms with E-state index in [1.54, 1.807) is 6.20 Å². The van der Waals surface area contributed by atoms with E-state index in [0.717, 1.165) is 11.9 Å². The maximum Gasteiger partial charge on any atom is 0.491 e. The van der Waals surface area contributed by atoms with Crippen molar-refractivity contribution in [1.82, 2.24) is 9.55 Å². The van der Waals surface area contributed by atoms with Gasteiger partial charge in [0.2, 0.25) is 0 Å². The van der Waals surface area contributed by atoms with E-state index in [9.17, 15) is 4.39 Å². The lowest BCUT2D eigenvalue weighted by Crippen LogP contribution is -2.32. The summed E-state index contributed by atoms with van der Waals surface area (Å²) in [7, 11) is -1.82. The Labute approximate surface area is 110 Å². The molecule has 0 unspecified atom stereocenters. The van der Waals surface area contributed by atoms with Gasteiger partial charge >= 0.3 is 7.12 Å². The fraction of sp³-hybridized carbons (Fsp3) is 0.250. The van der Waals surface area contributed by atoms with Gasteiger partial charge in [-0.3, -0.25) is 0 Å². The Morgan fingerprint density at radius 3 is 2.79 bits per heavy atom. The minimum Gasteiger partial charge on any atom is -0.492 e. The van der Waals surface area contributed by atoms with Gasteiger partial charge in [-0.1, -0.05) is 6.07 Å². The van der Waals surface area contributed by atoms with E-state index >= 15 is 0 Å². The van der Waals surface area contributed by atoms with Crippen LogP contribution in [0.5, 0.6) is 5.75 Å². The summed E-state index contributed by atoms with van der Waals surface area (Å²) in [5, 5.41) is 17.8. The lowest BCUT2D eigenvalue weighted by Gasteiger charge is -2.09. The van der Waals surface area contributed by atoms with Gasteiger partial charge < -0.3 is 19.4 Å². The highest BCUT2D eigenvalue weighted by Crippen LogP contribution is 2.11. The van der Waals surface area contributed by atoms with Crippen molar-refractivity contribution < 1.29 is 19.2 Å². The number of rotatable bonds is 5. The third kappa shape index (κ3) is 3.33. The molecule has 7 heteroatoms. The molecule has 19 heavy (non-hydrogen) atoms. The molecule has 0 saturated heterocycles. The maximum absolute atomic E-state index is 13.5. The second-order valence-electron chi connectivity index (χ2n) is 4.07. The van der Waals surface area contributed by atoms with Crippen LogP contribution in [0.1, 0.15) is 5.82 Å². The molecule has 0 amide bonds. The topological polar surface area (TPSA) is 67.5 Å². The van der Waals surface area contributed by atoms with Crippen molar-refractivity contribution in [2.75, 3.05) is 6.61 Å². The molecule has 2 rings (SSSR count). The van der Waals surface area contributed by atoms with Gasteiger partial charge in [-0.15, -0.1) is 0 Å². The van der Waals surface area contributed by atoms with Crippen LogP contribution in [0.4, 0.5) is 4.39 Å². The molecular formula is C12H14BFN2O3. The van der Waals surface area contributed by atoms with E-state index in [2.05, 4.69) is 4.98 Å². The summed E-state index contributed by atoms with van der Waals surface area (Å²) in [4.78, 5) is 4.08. The Morgan fingerprint density at radius 1 is 1.42 bits per heavy atom. The Bertz CT molecular complexity index is 560. The Balaban J connectivity index is 1.93. The zero-order valence-corrected chi connectivity index (χ0v) is 10.5. The molecule has 0 fully saturated rings. The number of ether oxygens (including phenoxy) is 1. The Kier molecular flexibility index (Phi) is 4.18. The minimum absolute atomic E-state index is 0.169. The third-order valence-corrected chi connectivity index (χ3v) is 2.77. The van der Waals surface area contributed by atoms with Gasteiger partial charge in [0.05, 0.1) is 6.54 Å². The van der Waals surface area contributed by atoms with E-state index in [1.165, 1.54) is 12.1 Å². The number of aryl methyl sites for hydroxylation is 1. The van der Waals surface area contributed by atoms with Crippen molar-refractivity contribution in [2.24, 2.45) is 0 Å². The molecule has 2 N–H and O–H groups in total. The van der Waals surface area contributed by atoms with Crippen LogP contribution in [0.2, 0.25) is 0 Å². The number of imidazole rings is 1. The molecule has 5 nitrogen and oxygen atoms in total. The molecule has 0 spiro atoms. The lowest BCUT2D eigenvalue weighted by molar-refractivity contribution is 0.295. The van der Waals surface area contributed by atoms with Crippen LogP contribution in [-0.4, -0.2) is 33.3 Å². The molecular weight excluding hydrogens is 250 g/mol. The molecule has 0 atom stereocenters. The summed E-state index contributed by atoms with van der Waals surface area (Å²) in [5.74, 6) is 0.527. The van der Waals surface area contributed by atoms with E-state index in [0.29, 0.717) is 18.9 Å². The van der Waals surface area contributed by atoms with Crippen LogP contribution in [0.25, 0.3) is 0 Å². The monoisotopic (exact) mass is 264 g/mol. The van der Waals surface area contributed by atoms with Crippen molar-refractivity contribution >= 4 is 12.6 Å². The zero-order chi connectivity index (χ0) is 13.8. The lowest BCUT2D eigenvalue weighted by atomic mass is 9.80. The van der Waals surface area contributed by atoms with E-state index in [-0.39, 0.29) is 5.46 Å². The molecule has 1 heterocycles. The van der Waals surface area contributed by atoms with Crippen LogP contribution in [0, 0.1) is 12.7 Å². The SMILES string of the molecule is Cc1nccn1CCOc1ccc(B(O)O)c(F)c1. The van der Waals surface area contributed by atoms with E-state index in [1.807, 2.05) is 17.7 Å². The first kappa shape index (κ1) is 13.6. The van der Waals surface area contributed by atoms with Gasteiger partial charge in [0.1, 0.15) is 24.0 Å². The highest BCUT2D eigenvalue weighted by Gasteiger charge is 2.16. The van der Waals surface area contributed by atoms with Crippen LogP contribution < -0.4 is 10.2 Å². The standard InChI is InChI=1S/C12H14BFN2O3/c1-9-15-4-5-16(9)6-7-19-10-2-3-11(13(17)18)12(14)8-10/h2-5,8,17-18H,6-7H2,1H3. The van der Waals surface area contributed by atoms with Crippen molar-refractivity contribution in [1.29, 1.82) is 0 Å². The molecule has 1 aromatic heterocycles. The number of benzene rings is 1. The third-order valence-electron chi connectivity index (χ3n) is 2.77. The first-order valence-electron chi connectivity index (χ1n) is 5.84. The number of aromatic nitrogens is 2. The Hall–Kier alpha value is -1.86. The van der Waals surface area contributed by atoms with Gasteiger partial charge in [0.15, 0.2) is 0 Å². The second kappa shape index (κ2) is 5.86. The fourth-order valence-corrected chi connectivity index (χ4v) is 1.71. The highest BCUT2D eigenvalue weighted by molar-refractivity contribution is 6.58. The molecule has 0 radical (unpaired) electrons. The van der Waals surface area contributed by atoms with E-state index < -0.39 is 12.9 Å². The summed E-state index contributed by atoms with van der Waals surface area (Å²) in [6.45, 7) is 2.87. The van der Waals surface area contributed by atoms with E-state index in [4.69, 9.17) is 14.8 Å². The number of nitrogens with zero attached hydrogens (tertiary/aromatic N) is 2. The van der Waals surface area contributed by atoms with Gasteiger partial charge in [-0.25, -0.2) is 9.37 Å². The second-order valence-corrected chi connectivity index (χ2v) is 4.07. The average Bonchev–Trinajstić information content (AvgIpc) is 2.75. The van der Waals surface area contributed by atoms with Crippen molar-refractivity contribution in [3.05, 3.63) is 42.2 Å². The van der Waals surface area contributed by atoms with Gasteiger partial charge in [0.25, 0.3) is 0 Å². The summed E-state index contributed by atoms with van der Waals surface area (Å²) < 4.78 is 20.8. The van der Waals surface area contributed by atoms with Crippen molar-refractivity contribution in [3.63, 3.8) is 0 Å². The summed E-state index contributed by atoms with van der Waals surface area (Å²) in [6.07, 6.45) is 3.54. The quantitative estimate of drug-likeness (QED) is 0.751. The molecule has 0 aliphatic rings. The molecule has 0 bridgehead atoms. The number of hydrogen-bond donors (Lipinski definition) is 2. The Morgan fingerprint density at radius 2 is 2.21 bits per heavy atom. The van der Waals surface area contributed by atoms with Crippen LogP contribution in [-0.2, 0) is 6.54 Å². The summed E-state index contributed by atoms with van der Waals surface area (Å²) in [5.41, 5.74) is -0.169. The fourth-order valence-electron chi connectivity index (χ4n) is 1.71. The normalized spacial score (nSPS) is 10.5. The van der Waals surface area contributed by atoms with Gasteiger partial charge in [-0.2, -0.15) is 0 Å². The van der Waals surface area contributed by atoms with Crippen molar-refractivity contribution in [3.8, 4) is 5.75 Å². The summed E-state index contributed by atoms with van der Waals surface area (Å²) >= 11 is 0. The van der Waals surface area contributed by atoms with Crippen LogP contribution >= 0.6 is 0 Å². The first-order chi connectivity index (χ1) is 9.08. The maximum atomic E-state index is 13.5. The van der Waals surface area contributed by atoms with Gasteiger partial charge in [0, 0.05) is 23.9 Å².